The maximum atomic E-state index is 13.1. The van der Waals surface area contributed by atoms with Gasteiger partial charge in [0.2, 0.25) is 0 Å². The molecule has 1 aliphatic rings. The molecule has 0 saturated heterocycles. The summed E-state index contributed by atoms with van der Waals surface area (Å²) in [5.74, 6) is -0.181. The lowest BCUT2D eigenvalue weighted by Gasteiger charge is -2.27. The van der Waals surface area contributed by atoms with Gasteiger partial charge in [-0.3, -0.25) is 14.4 Å². The molecule has 1 amide bonds. The van der Waals surface area contributed by atoms with Crippen LogP contribution in [0.4, 0.5) is 5.00 Å². The second-order valence-corrected chi connectivity index (χ2v) is 10.8. The molecule has 0 spiro atoms. The molecule has 1 aliphatic heterocycles. The van der Waals surface area contributed by atoms with E-state index in [2.05, 4.69) is 51.7 Å². The number of carbonyl (C=O) groups is 1. The van der Waals surface area contributed by atoms with Crippen LogP contribution in [0.1, 0.15) is 33.4 Å². The monoisotopic (exact) mass is 499 g/mol. The van der Waals surface area contributed by atoms with Crippen molar-refractivity contribution in [1.29, 1.82) is 0 Å². The summed E-state index contributed by atoms with van der Waals surface area (Å²) >= 11 is 3.36. The lowest BCUT2D eigenvalue weighted by Crippen LogP contribution is -2.29. The maximum Gasteiger partial charge on any atom is 0.276 e. The second-order valence-electron chi connectivity index (χ2n) is 8.65. The van der Waals surface area contributed by atoms with Crippen LogP contribution < -0.4 is 5.32 Å². The minimum atomic E-state index is -0.181. The molecule has 2 aromatic carbocycles. The Labute approximate surface area is 211 Å². The highest BCUT2D eigenvalue weighted by Crippen LogP contribution is 2.46. The van der Waals surface area contributed by atoms with E-state index in [1.807, 2.05) is 31.3 Å². The van der Waals surface area contributed by atoms with Crippen LogP contribution in [0, 0.1) is 0 Å². The second kappa shape index (κ2) is 9.37. The lowest BCUT2D eigenvalue weighted by molar-refractivity contribution is 0.102. The molecule has 0 atom stereocenters. The summed E-state index contributed by atoms with van der Waals surface area (Å²) in [6, 6.07) is 20.6. The van der Waals surface area contributed by atoms with Crippen molar-refractivity contribution in [3.05, 3.63) is 88.6 Å². The van der Waals surface area contributed by atoms with Gasteiger partial charge in [-0.15, -0.1) is 22.7 Å². The van der Waals surface area contributed by atoms with Gasteiger partial charge < -0.3 is 5.32 Å². The fraction of sp³-hybridized carbons (Fsp3) is 0.222. The standard InChI is InChI=1S/C27H25N5OS2/c1-2-32-15-13-21(30-32)25(33)29-27-24(26-28-20-10-6-7-11-22(20)34-26)19-12-14-31(17-23(19)35-27)16-18-8-4-3-5-9-18/h3-11,13,15H,2,12,14,16-17H2,1H3,(H,29,33). The van der Waals surface area contributed by atoms with Gasteiger partial charge in [-0.2, -0.15) is 5.10 Å². The smallest absolute Gasteiger partial charge is 0.276 e. The third-order valence-corrected chi connectivity index (χ3v) is 8.50. The minimum absolute atomic E-state index is 0.181. The number of para-hydroxylation sites is 1. The number of rotatable bonds is 6. The highest BCUT2D eigenvalue weighted by atomic mass is 32.1. The Morgan fingerprint density at radius 1 is 1.06 bits per heavy atom. The van der Waals surface area contributed by atoms with Crippen LogP contribution in [-0.4, -0.2) is 32.1 Å². The number of hydrogen-bond acceptors (Lipinski definition) is 6. The molecule has 0 bridgehead atoms. The van der Waals surface area contributed by atoms with E-state index in [0.29, 0.717) is 5.69 Å². The molecule has 1 N–H and O–H groups in total. The number of aryl methyl sites for hydroxylation is 1. The molecule has 0 unspecified atom stereocenters. The number of benzene rings is 2. The first-order valence-electron chi connectivity index (χ1n) is 11.8. The predicted octanol–water partition coefficient (Wildman–Crippen LogP) is 6.05. The number of hydrogen-bond donors (Lipinski definition) is 1. The first-order valence-corrected chi connectivity index (χ1v) is 13.4. The van der Waals surface area contributed by atoms with E-state index in [4.69, 9.17) is 4.98 Å². The number of thiazole rings is 1. The third-order valence-electron chi connectivity index (χ3n) is 6.32. The first-order chi connectivity index (χ1) is 17.2. The molecule has 176 valence electrons. The van der Waals surface area contributed by atoms with E-state index in [1.54, 1.807) is 33.4 Å². The van der Waals surface area contributed by atoms with E-state index >= 15 is 0 Å². The summed E-state index contributed by atoms with van der Waals surface area (Å²) in [6.45, 7) is 5.51. The highest BCUT2D eigenvalue weighted by molar-refractivity contribution is 7.23. The number of thiophene rings is 1. The molecule has 3 aromatic heterocycles. The van der Waals surface area contributed by atoms with Crippen LogP contribution in [0.25, 0.3) is 20.8 Å². The zero-order valence-electron chi connectivity index (χ0n) is 19.4. The average molecular weight is 500 g/mol. The number of anilines is 1. The van der Waals surface area contributed by atoms with Crippen LogP contribution in [0.2, 0.25) is 0 Å². The third kappa shape index (κ3) is 4.40. The Morgan fingerprint density at radius 2 is 1.89 bits per heavy atom. The first kappa shape index (κ1) is 22.2. The quantitative estimate of drug-likeness (QED) is 0.309. The summed E-state index contributed by atoms with van der Waals surface area (Å²) < 4.78 is 2.92. The van der Waals surface area contributed by atoms with Gasteiger partial charge in [-0.1, -0.05) is 42.5 Å². The van der Waals surface area contributed by atoms with Gasteiger partial charge in [0.05, 0.1) is 10.2 Å². The molecule has 5 aromatic rings. The van der Waals surface area contributed by atoms with Gasteiger partial charge >= 0.3 is 0 Å². The normalized spacial score (nSPS) is 13.7. The van der Waals surface area contributed by atoms with Gasteiger partial charge in [0.15, 0.2) is 5.69 Å². The molecule has 0 saturated carbocycles. The van der Waals surface area contributed by atoms with Crippen LogP contribution in [0.15, 0.2) is 66.9 Å². The maximum absolute atomic E-state index is 13.1. The van der Waals surface area contributed by atoms with Crippen molar-refractivity contribution in [1.82, 2.24) is 19.7 Å². The Balaban J connectivity index is 1.36. The molecular weight excluding hydrogens is 474 g/mol. The van der Waals surface area contributed by atoms with Crippen LogP contribution in [-0.2, 0) is 26.1 Å². The summed E-state index contributed by atoms with van der Waals surface area (Å²) in [4.78, 5) is 21.8. The van der Waals surface area contributed by atoms with Gasteiger partial charge in [-0.05, 0) is 42.7 Å². The van der Waals surface area contributed by atoms with Crippen LogP contribution in [0.5, 0.6) is 0 Å². The van der Waals surface area contributed by atoms with Crippen LogP contribution in [0.3, 0.4) is 0 Å². The average Bonchev–Trinajstić information content (AvgIpc) is 3.60. The Hall–Kier alpha value is -3.33. The lowest BCUT2D eigenvalue weighted by atomic mass is 10.0. The number of nitrogens with zero attached hydrogens (tertiary/aromatic N) is 4. The number of carbonyl (C=O) groups excluding carboxylic acids is 1. The summed E-state index contributed by atoms with van der Waals surface area (Å²) in [6.07, 6.45) is 2.77. The Bertz CT molecular complexity index is 1470. The van der Waals surface area contributed by atoms with Gasteiger partial charge in [0.25, 0.3) is 5.91 Å². The van der Waals surface area contributed by atoms with Crippen molar-refractivity contribution in [2.45, 2.75) is 33.0 Å². The zero-order chi connectivity index (χ0) is 23.8. The SMILES string of the molecule is CCn1ccc(C(=O)Nc2sc3c(c2-c2nc4ccccc4s2)CCN(Cc2ccccc2)C3)n1. The number of nitrogens with one attached hydrogen (secondary N) is 1. The van der Waals surface area contributed by atoms with E-state index < -0.39 is 0 Å². The van der Waals surface area contributed by atoms with E-state index in [1.165, 1.54) is 16.0 Å². The fourth-order valence-corrected chi connectivity index (χ4v) is 6.95. The fourth-order valence-electron chi connectivity index (χ4n) is 4.55. The molecule has 0 radical (unpaired) electrons. The molecule has 0 aliphatic carbocycles. The molecule has 35 heavy (non-hydrogen) atoms. The van der Waals surface area contributed by atoms with Crippen molar-refractivity contribution in [2.24, 2.45) is 0 Å². The number of aromatic nitrogens is 3. The van der Waals surface area contributed by atoms with E-state index in [-0.39, 0.29) is 5.91 Å². The van der Waals surface area contributed by atoms with Gasteiger partial charge in [0.1, 0.15) is 10.0 Å². The zero-order valence-corrected chi connectivity index (χ0v) is 21.0. The van der Waals surface area contributed by atoms with Crippen molar-refractivity contribution >= 4 is 43.8 Å². The van der Waals surface area contributed by atoms with Crippen molar-refractivity contribution in [2.75, 3.05) is 11.9 Å². The molecule has 6 nitrogen and oxygen atoms in total. The Morgan fingerprint density at radius 3 is 2.69 bits per heavy atom. The summed E-state index contributed by atoms with van der Waals surface area (Å²) in [7, 11) is 0. The molecule has 8 heteroatoms. The van der Waals surface area contributed by atoms with E-state index in [9.17, 15) is 4.79 Å². The molecule has 6 rings (SSSR count). The van der Waals surface area contributed by atoms with Crippen molar-refractivity contribution in [3.8, 4) is 10.6 Å². The number of fused-ring (bicyclic) bond motifs is 2. The van der Waals surface area contributed by atoms with Crippen molar-refractivity contribution in [3.63, 3.8) is 0 Å². The van der Waals surface area contributed by atoms with Gasteiger partial charge in [0, 0.05) is 42.8 Å². The predicted molar refractivity (Wildman–Crippen MR) is 143 cm³/mol. The Kier molecular flexibility index (Phi) is 5.93. The highest BCUT2D eigenvalue weighted by Gasteiger charge is 2.28. The van der Waals surface area contributed by atoms with Crippen molar-refractivity contribution < 1.29 is 4.79 Å². The van der Waals surface area contributed by atoms with E-state index in [0.717, 1.165) is 58.4 Å². The molecule has 4 heterocycles. The molecule has 0 fully saturated rings. The van der Waals surface area contributed by atoms with Crippen LogP contribution >= 0.6 is 22.7 Å². The molecular formula is C27H25N5OS2. The van der Waals surface area contributed by atoms with Gasteiger partial charge in [-0.25, -0.2) is 4.98 Å². The number of amides is 1. The minimum Gasteiger partial charge on any atom is -0.312 e. The summed E-state index contributed by atoms with van der Waals surface area (Å²) in [5, 5.41) is 9.41. The topological polar surface area (TPSA) is 63.1 Å². The summed E-state index contributed by atoms with van der Waals surface area (Å²) in [5.41, 5.74) is 5.13. The largest absolute Gasteiger partial charge is 0.312 e.